The highest BCUT2D eigenvalue weighted by molar-refractivity contribution is 7.88. The van der Waals surface area contributed by atoms with E-state index in [2.05, 4.69) is 4.72 Å². The molecule has 1 radical (unpaired) electrons. The summed E-state index contributed by atoms with van der Waals surface area (Å²) in [5.74, 6) is -1.44. The Bertz CT molecular complexity index is 502. The summed E-state index contributed by atoms with van der Waals surface area (Å²) in [5, 5.41) is 17.1. The Balaban J connectivity index is 2.81. The van der Waals surface area contributed by atoms with Crippen LogP contribution >= 0.6 is 0 Å². The molecule has 0 spiro atoms. The number of carboxylic acids is 1. The van der Waals surface area contributed by atoms with Crippen LogP contribution in [0.2, 0.25) is 0 Å². The van der Waals surface area contributed by atoms with E-state index in [1.165, 1.54) is 24.3 Å². The third-order valence-electron chi connectivity index (χ3n) is 1.93. The Morgan fingerprint density at radius 3 is 2.71 bits per heavy atom. The van der Waals surface area contributed by atoms with E-state index in [0.717, 1.165) is 0 Å². The lowest BCUT2D eigenvalue weighted by atomic mass is 10.1. The Labute approximate surface area is 99.6 Å². The van der Waals surface area contributed by atoms with Gasteiger partial charge in [0, 0.05) is 6.44 Å². The Hall–Kier alpha value is -1.38. The van der Waals surface area contributed by atoms with Crippen LogP contribution in [0.1, 0.15) is 15.9 Å². The summed E-state index contributed by atoms with van der Waals surface area (Å²) < 4.78 is 25.0. The molecule has 0 amide bonds. The zero-order valence-electron chi connectivity index (χ0n) is 8.83. The van der Waals surface area contributed by atoms with E-state index < -0.39 is 16.0 Å². The monoisotopic (exact) mass is 256 g/mol. The first kappa shape index (κ1) is 13.7. The van der Waals surface area contributed by atoms with Gasteiger partial charge in [-0.05, 0) is 17.7 Å². The van der Waals surface area contributed by atoms with E-state index in [0.29, 0.717) is 13.0 Å². The van der Waals surface area contributed by atoms with Crippen molar-refractivity contribution in [3.8, 4) is 0 Å². The van der Waals surface area contributed by atoms with Crippen LogP contribution in [-0.2, 0) is 15.8 Å². The molecule has 1 aromatic rings. The molecule has 0 fully saturated rings. The molecule has 6 nitrogen and oxygen atoms in total. The van der Waals surface area contributed by atoms with Gasteiger partial charge in [-0.2, -0.15) is 0 Å². The molecular weight excluding hydrogens is 245 g/mol. The molecular formula is C9H11BNO5S. The van der Waals surface area contributed by atoms with Crippen LogP contribution < -0.4 is 4.72 Å². The number of sulfonamides is 1. The van der Waals surface area contributed by atoms with E-state index >= 15 is 0 Å². The second-order valence-corrected chi connectivity index (χ2v) is 5.10. The van der Waals surface area contributed by atoms with Gasteiger partial charge in [0.05, 0.1) is 11.3 Å². The minimum absolute atomic E-state index is 0.0337. The quantitative estimate of drug-likeness (QED) is 0.588. The molecule has 0 saturated carbocycles. The first-order valence-electron chi connectivity index (χ1n) is 4.70. The largest absolute Gasteiger partial charge is 0.478 e. The van der Waals surface area contributed by atoms with Gasteiger partial charge in [0.25, 0.3) is 0 Å². The number of benzene rings is 1. The van der Waals surface area contributed by atoms with Crippen molar-refractivity contribution >= 4 is 23.5 Å². The predicted octanol–water partition coefficient (Wildman–Crippen LogP) is -0.627. The lowest BCUT2D eigenvalue weighted by Gasteiger charge is -2.05. The van der Waals surface area contributed by atoms with Crippen molar-refractivity contribution in [1.82, 2.24) is 4.72 Å². The maximum absolute atomic E-state index is 11.5. The molecule has 0 aliphatic rings. The summed E-state index contributed by atoms with van der Waals surface area (Å²) in [6.45, 7) is 0. The minimum atomic E-state index is -3.57. The lowest BCUT2D eigenvalue weighted by molar-refractivity contribution is 0.0696. The van der Waals surface area contributed by atoms with Crippen molar-refractivity contribution in [2.45, 2.75) is 5.75 Å². The van der Waals surface area contributed by atoms with E-state index in [9.17, 15) is 13.2 Å². The van der Waals surface area contributed by atoms with Crippen molar-refractivity contribution < 1.29 is 23.3 Å². The van der Waals surface area contributed by atoms with Gasteiger partial charge in [0.1, 0.15) is 0 Å². The second kappa shape index (κ2) is 5.81. The van der Waals surface area contributed by atoms with Gasteiger partial charge >= 0.3 is 13.5 Å². The van der Waals surface area contributed by atoms with Crippen LogP contribution in [0.3, 0.4) is 0 Å². The molecule has 0 atom stereocenters. The molecule has 0 aliphatic carbocycles. The topological polar surface area (TPSA) is 104 Å². The molecule has 0 bridgehead atoms. The van der Waals surface area contributed by atoms with E-state index in [1.54, 1.807) is 0 Å². The molecule has 17 heavy (non-hydrogen) atoms. The average molecular weight is 256 g/mol. The van der Waals surface area contributed by atoms with Crippen LogP contribution in [-0.4, -0.2) is 38.4 Å². The Kier molecular flexibility index (Phi) is 4.67. The van der Waals surface area contributed by atoms with E-state index in [1.807, 2.05) is 0 Å². The highest BCUT2D eigenvalue weighted by Gasteiger charge is 2.12. The van der Waals surface area contributed by atoms with Gasteiger partial charge in [0.2, 0.25) is 10.0 Å². The summed E-state index contributed by atoms with van der Waals surface area (Å²) in [5.41, 5.74) is 0.404. The van der Waals surface area contributed by atoms with Crippen LogP contribution in [0, 0.1) is 0 Å². The molecule has 0 saturated heterocycles. The van der Waals surface area contributed by atoms with Gasteiger partial charge in [-0.3, -0.25) is 0 Å². The molecule has 91 valence electrons. The highest BCUT2D eigenvalue weighted by Crippen LogP contribution is 2.08. The maximum Gasteiger partial charge on any atom is 0.335 e. The normalized spacial score (nSPS) is 11.1. The maximum atomic E-state index is 11.5. The molecule has 0 unspecified atom stereocenters. The summed E-state index contributed by atoms with van der Waals surface area (Å²) in [6, 6.07) is 5.68. The van der Waals surface area contributed by atoms with Crippen LogP contribution in [0.15, 0.2) is 24.3 Å². The smallest absolute Gasteiger partial charge is 0.335 e. The summed E-state index contributed by atoms with van der Waals surface area (Å²) >= 11 is 0. The summed E-state index contributed by atoms with van der Waals surface area (Å²) in [7, 11) is -2.89. The minimum Gasteiger partial charge on any atom is -0.478 e. The zero-order chi connectivity index (χ0) is 12.9. The zero-order valence-corrected chi connectivity index (χ0v) is 9.64. The van der Waals surface area contributed by atoms with Crippen molar-refractivity contribution in [3.05, 3.63) is 35.4 Å². The third-order valence-corrected chi connectivity index (χ3v) is 3.25. The number of nitrogens with one attached hydrogen (secondary N) is 1. The van der Waals surface area contributed by atoms with Gasteiger partial charge < -0.3 is 10.1 Å². The molecule has 0 heterocycles. The van der Waals surface area contributed by atoms with Gasteiger partial charge in [-0.25, -0.2) is 17.9 Å². The fourth-order valence-electron chi connectivity index (χ4n) is 1.23. The van der Waals surface area contributed by atoms with E-state index in [4.69, 9.17) is 10.1 Å². The van der Waals surface area contributed by atoms with Gasteiger partial charge in [-0.1, -0.05) is 12.1 Å². The van der Waals surface area contributed by atoms with Crippen LogP contribution in [0.25, 0.3) is 0 Å². The first-order chi connectivity index (χ1) is 7.94. The van der Waals surface area contributed by atoms with Crippen molar-refractivity contribution in [2.24, 2.45) is 0 Å². The van der Waals surface area contributed by atoms with Crippen LogP contribution in [0.4, 0.5) is 0 Å². The third kappa shape index (κ3) is 4.55. The number of rotatable bonds is 6. The first-order valence-corrected chi connectivity index (χ1v) is 6.35. The fourth-order valence-corrected chi connectivity index (χ4v) is 2.28. The Morgan fingerprint density at radius 2 is 2.12 bits per heavy atom. The number of hydrogen-bond donors (Lipinski definition) is 3. The molecule has 1 aromatic carbocycles. The number of carbonyl (C=O) groups is 1. The number of carboxylic acid groups (broad SMARTS) is 1. The van der Waals surface area contributed by atoms with E-state index in [-0.39, 0.29) is 17.8 Å². The van der Waals surface area contributed by atoms with Crippen LogP contribution in [0.5, 0.6) is 0 Å². The highest BCUT2D eigenvalue weighted by atomic mass is 32.2. The molecule has 0 aromatic heterocycles. The molecule has 0 aliphatic heterocycles. The molecule has 8 heteroatoms. The fraction of sp³-hybridized carbons (Fsp3) is 0.222. The average Bonchev–Trinajstić information content (AvgIpc) is 2.26. The SMILES string of the molecule is O=C(O)c1cccc(CS(=O)(=O)NC[B]O)c1. The number of aromatic carboxylic acids is 1. The van der Waals surface area contributed by atoms with Gasteiger partial charge in [0.15, 0.2) is 0 Å². The van der Waals surface area contributed by atoms with Gasteiger partial charge in [-0.15, -0.1) is 0 Å². The molecule has 3 N–H and O–H groups in total. The summed E-state index contributed by atoms with van der Waals surface area (Å²) in [4.78, 5) is 10.7. The standard InChI is InChI=1S/C9H11BNO5S/c12-9(13)8-3-1-2-7(4-8)5-17(15,16)11-6-10-14/h1-4,11,14H,5-6H2,(H,12,13). The number of hydrogen-bond acceptors (Lipinski definition) is 4. The summed E-state index contributed by atoms with van der Waals surface area (Å²) in [6.07, 6.45) is -0.180. The lowest BCUT2D eigenvalue weighted by Crippen LogP contribution is -2.29. The van der Waals surface area contributed by atoms with Crippen molar-refractivity contribution in [2.75, 3.05) is 6.44 Å². The van der Waals surface area contributed by atoms with Crippen molar-refractivity contribution in [3.63, 3.8) is 0 Å². The molecule has 1 rings (SSSR count). The second-order valence-electron chi connectivity index (χ2n) is 3.30. The van der Waals surface area contributed by atoms with Crippen molar-refractivity contribution in [1.29, 1.82) is 0 Å². The Morgan fingerprint density at radius 1 is 1.41 bits per heavy atom. The predicted molar refractivity (Wildman–Crippen MR) is 62.0 cm³/mol.